The van der Waals surface area contributed by atoms with E-state index < -0.39 is 0 Å². The third kappa shape index (κ3) is 4.05. The Balaban J connectivity index is 1.68. The van der Waals surface area contributed by atoms with E-state index in [2.05, 4.69) is 30.6 Å². The summed E-state index contributed by atoms with van der Waals surface area (Å²) in [6.45, 7) is 6.15. The molecule has 2 aromatic rings. The molecule has 2 rings (SSSR count). The first kappa shape index (κ1) is 15.0. The van der Waals surface area contributed by atoms with Gasteiger partial charge in [-0.25, -0.2) is 0 Å². The molecule has 20 heavy (non-hydrogen) atoms. The zero-order valence-corrected chi connectivity index (χ0v) is 13.0. The van der Waals surface area contributed by atoms with E-state index in [1.807, 2.05) is 23.6 Å². The average molecular weight is 290 g/mol. The maximum Gasteiger partial charge on any atom is 0.250 e. The standard InChI is InChI=1S/C16H22N2OS/c1-13-8-12-20-16(13)14(2)17-9-4-6-11-18-10-5-3-7-15(18)19/h3,5,7-8,10,12,14,17H,4,6,9,11H2,1-2H3/t14-/m0/s1. The van der Waals surface area contributed by atoms with E-state index in [1.165, 1.54) is 10.4 Å². The molecule has 3 nitrogen and oxygen atoms in total. The van der Waals surface area contributed by atoms with Crippen molar-refractivity contribution in [3.8, 4) is 0 Å². The largest absolute Gasteiger partial charge is 0.316 e. The van der Waals surface area contributed by atoms with Crippen LogP contribution in [0.5, 0.6) is 0 Å². The van der Waals surface area contributed by atoms with Crippen LogP contribution in [0.1, 0.15) is 36.2 Å². The van der Waals surface area contributed by atoms with Crippen LogP contribution < -0.4 is 10.9 Å². The van der Waals surface area contributed by atoms with Crippen LogP contribution in [0.2, 0.25) is 0 Å². The van der Waals surface area contributed by atoms with Gasteiger partial charge in [-0.15, -0.1) is 11.3 Å². The van der Waals surface area contributed by atoms with Gasteiger partial charge in [-0.05, 0) is 56.3 Å². The summed E-state index contributed by atoms with van der Waals surface area (Å²) in [7, 11) is 0. The highest BCUT2D eigenvalue weighted by Gasteiger charge is 2.08. The minimum atomic E-state index is 0.0861. The van der Waals surface area contributed by atoms with E-state index in [1.54, 1.807) is 16.7 Å². The van der Waals surface area contributed by atoms with Crippen LogP contribution in [0.3, 0.4) is 0 Å². The number of hydrogen-bond donors (Lipinski definition) is 1. The van der Waals surface area contributed by atoms with Crippen molar-refractivity contribution in [3.63, 3.8) is 0 Å². The highest BCUT2D eigenvalue weighted by Crippen LogP contribution is 2.23. The third-order valence-electron chi connectivity index (χ3n) is 3.47. The molecular weight excluding hydrogens is 268 g/mol. The molecule has 0 saturated heterocycles. The van der Waals surface area contributed by atoms with Crippen molar-refractivity contribution in [1.29, 1.82) is 0 Å². The Morgan fingerprint density at radius 1 is 1.30 bits per heavy atom. The van der Waals surface area contributed by atoms with Gasteiger partial charge in [0, 0.05) is 29.7 Å². The number of aryl methyl sites for hydroxylation is 2. The van der Waals surface area contributed by atoms with Crippen molar-refractivity contribution in [2.75, 3.05) is 6.54 Å². The van der Waals surface area contributed by atoms with Gasteiger partial charge < -0.3 is 9.88 Å². The topological polar surface area (TPSA) is 34.0 Å². The number of aromatic nitrogens is 1. The van der Waals surface area contributed by atoms with E-state index in [0.29, 0.717) is 6.04 Å². The summed E-state index contributed by atoms with van der Waals surface area (Å²) < 4.78 is 1.77. The normalized spacial score (nSPS) is 12.5. The lowest BCUT2D eigenvalue weighted by molar-refractivity contribution is 0.522. The van der Waals surface area contributed by atoms with Crippen LogP contribution in [0.4, 0.5) is 0 Å². The lowest BCUT2D eigenvalue weighted by atomic mass is 10.2. The van der Waals surface area contributed by atoms with Crippen molar-refractivity contribution in [2.24, 2.45) is 0 Å². The van der Waals surface area contributed by atoms with E-state index in [-0.39, 0.29) is 5.56 Å². The van der Waals surface area contributed by atoms with Crippen molar-refractivity contribution >= 4 is 11.3 Å². The number of hydrogen-bond acceptors (Lipinski definition) is 3. The highest BCUT2D eigenvalue weighted by atomic mass is 32.1. The molecule has 0 aromatic carbocycles. The van der Waals surface area contributed by atoms with Crippen LogP contribution in [-0.2, 0) is 6.54 Å². The van der Waals surface area contributed by atoms with Crippen molar-refractivity contribution < 1.29 is 0 Å². The molecule has 0 aliphatic carbocycles. The fraction of sp³-hybridized carbons (Fsp3) is 0.438. The molecule has 0 saturated carbocycles. The number of nitrogens with one attached hydrogen (secondary N) is 1. The third-order valence-corrected chi connectivity index (χ3v) is 4.67. The lowest BCUT2D eigenvalue weighted by Gasteiger charge is -2.13. The Morgan fingerprint density at radius 3 is 2.85 bits per heavy atom. The predicted octanol–water partition coefficient (Wildman–Crippen LogP) is 3.35. The summed E-state index contributed by atoms with van der Waals surface area (Å²) in [5.74, 6) is 0. The maximum absolute atomic E-state index is 11.5. The fourth-order valence-electron chi connectivity index (χ4n) is 2.29. The molecule has 0 aliphatic rings. The molecule has 2 aromatic heterocycles. The van der Waals surface area contributed by atoms with E-state index >= 15 is 0 Å². The minimum absolute atomic E-state index is 0.0861. The second kappa shape index (κ2) is 7.41. The van der Waals surface area contributed by atoms with Crippen molar-refractivity contribution in [1.82, 2.24) is 9.88 Å². The molecule has 108 valence electrons. The Bertz CT molecular complexity index is 588. The number of rotatable bonds is 7. The summed E-state index contributed by atoms with van der Waals surface area (Å²) in [5, 5.41) is 5.69. The van der Waals surface area contributed by atoms with Gasteiger partial charge >= 0.3 is 0 Å². The van der Waals surface area contributed by atoms with Crippen LogP contribution in [0.25, 0.3) is 0 Å². The second-order valence-electron chi connectivity index (χ2n) is 5.08. The monoisotopic (exact) mass is 290 g/mol. The molecule has 1 atom stereocenters. The molecule has 0 aliphatic heterocycles. The Labute approximate surface area is 124 Å². The summed E-state index contributed by atoms with van der Waals surface area (Å²) in [6, 6.07) is 7.88. The van der Waals surface area contributed by atoms with Crippen LogP contribution in [0.15, 0.2) is 40.6 Å². The first-order valence-corrected chi connectivity index (χ1v) is 7.99. The number of unbranched alkanes of at least 4 members (excludes halogenated alkanes) is 1. The molecule has 0 bridgehead atoms. The Morgan fingerprint density at radius 2 is 2.15 bits per heavy atom. The zero-order chi connectivity index (χ0) is 14.4. The lowest BCUT2D eigenvalue weighted by Crippen LogP contribution is -2.21. The first-order valence-electron chi connectivity index (χ1n) is 7.11. The van der Waals surface area contributed by atoms with Gasteiger partial charge in [0.25, 0.3) is 0 Å². The molecule has 0 fully saturated rings. The van der Waals surface area contributed by atoms with E-state index in [0.717, 1.165) is 25.9 Å². The van der Waals surface area contributed by atoms with Gasteiger partial charge in [-0.1, -0.05) is 6.07 Å². The molecule has 4 heteroatoms. The van der Waals surface area contributed by atoms with Crippen LogP contribution in [-0.4, -0.2) is 11.1 Å². The van der Waals surface area contributed by atoms with Gasteiger partial charge in [0.15, 0.2) is 0 Å². The maximum atomic E-state index is 11.5. The van der Waals surface area contributed by atoms with Crippen molar-refractivity contribution in [2.45, 2.75) is 39.3 Å². The molecule has 0 unspecified atom stereocenters. The van der Waals surface area contributed by atoms with Gasteiger partial charge in [0.1, 0.15) is 0 Å². The van der Waals surface area contributed by atoms with Gasteiger partial charge in [0.2, 0.25) is 5.56 Å². The number of nitrogens with zero attached hydrogens (tertiary/aromatic N) is 1. The average Bonchev–Trinajstić information content (AvgIpc) is 2.86. The highest BCUT2D eigenvalue weighted by molar-refractivity contribution is 7.10. The Hall–Kier alpha value is -1.39. The predicted molar refractivity (Wildman–Crippen MR) is 85.4 cm³/mol. The SMILES string of the molecule is Cc1ccsc1[C@H](C)NCCCCn1ccccc1=O. The van der Waals surface area contributed by atoms with E-state index in [4.69, 9.17) is 0 Å². The zero-order valence-electron chi connectivity index (χ0n) is 12.1. The van der Waals surface area contributed by atoms with Crippen LogP contribution >= 0.6 is 11.3 Å². The molecule has 0 radical (unpaired) electrons. The van der Waals surface area contributed by atoms with E-state index in [9.17, 15) is 4.79 Å². The summed E-state index contributed by atoms with van der Waals surface area (Å²) in [4.78, 5) is 13.0. The molecule has 1 N–H and O–H groups in total. The number of pyridine rings is 1. The minimum Gasteiger partial charge on any atom is -0.316 e. The first-order chi connectivity index (χ1) is 9.68. The van der Waals surface area contributed by atoms with Crippen LogP contribution in [0, 0.1) is 6.92 Å². The van der Waals surface area contributed by atoms with Gasteiger partial charge in [-0.3, -0.25) is 4.79 Å². The second-order valence-corrected chi connectivity index (χ2v) is 6.03. The summed E-state index contributed by atoms with van der Waals surface area (Å²) >= 11 is 1.81. The van der Waals surface area contributed by atoms with Crippen molar-refractivity contribution in [3.05, 3.63) is 56.6 Å². The molecular formula is C16H22N2OS. The molecule has 0 spiro atoms. The Kier molecular flexibility index (Phi) is 5.56. The quantitative estimate of drug-likeness (QED) is 0.794. The summed E-state index contributed by atoms with van der Waals surface area (Å²) in [5.41, 5.74) is 1.45. The summed E-state index contributed by atoms with van der Waals surface area (Å²) in [6.07, 6.45) is 3.95. The fourth-order valence-corrected chi connectivity index (χ4v) is 3.25. The van der Waals surface area contributed by atoms with Gasteiger partial charge in [-0.2, -0.15) is 0 Å². The number of thiophene rings is 1. The molecule has 2 heterocycles. The van der Waals surface area contributed by atoms with Gasteiger partial charge in [0.05, 0.1) is 0 Å². The smallest absolute Gasteiger partial charge is 0.250 e. The molecule has 0 amide bonds.